The molecule has 0 saturated carbocycles. The van der Waals surface area contributed by atoms with Gasteiger partial charge in [0, 0.05) is 4.47 Å². The van der Waals surface area contributed by atoms with E-state index >= 15 is 0 Å². The second-order valence-electron chi connectivity index (χ2n) is 6.01. The Bertz CT molecular complexity index is 916. The van der Waals surface area contributed by atoms with E-state index in [0.29, 0.717) is 22.5 Å². The van der Waals surface area contributed by atoms with Crippen LogP contribution in [0.1, 0.15) is 23.7 Å². The van der Waals surface area contributed by atoms with E-state index in [4.69, 9.17) is 4.74 Å². The Balaban J connectivity index is 1.66. The fraction of sp³-hybridized carbons (Fsp3) is 0.211. The SMILES string of the molecule is CCOc1ccc(N2C(=O)CC(NNC(=O)c3cc(Br)ccc3O)C2=O)cc1. The molecule has 3 N–H and O–H groups in total. The number of phenols is 1. The van der Waals surface area contributed by atoms with Crippen molar-refractivity contribution in [2.45, 2.75) is 19.4 Å². The van der Waals surface area contributed by atoms with Gasteiger partial charge in [0.25, 0.3) is 11.8 Å². The highest BCUT2D eigenvalue weighted by atomic mass is 79.9. The molecule has 0 spiro atoms. The summed E-state index contributed by atoms with van der Waals surface area (Å²) in [5.41, 5.74) is 5.40. The molecule has 1 aliphatic rings. The Morgan fingerprint density at radius 1 is 1.25 bits per heavy atom. The molecule has 9 heteroatoms. The number of benzene rings is 2. The summed E-state index contributed by atoms with van der Waals surface area (Å²) in [5.74, 6) is -1.05. The third-order valence-corrected chi connectivity index (χ3v) is 4.61. The standard InChI is InChI=1S/C19H18BrN3O5/c1-2-28-13-6-4-12(5-7-13)23-17(25)10-15(19(23)27)21-22-18(26)14-9-11(20)3-8-16(14)24/h3-9,15,21,24H,2,10H2,1H3,(H,22,26). The first-order chi connectivity index (χ1) is 13.4. The molecule has 8 nitrogen and oxygen atoms in total. The first-order valence-corrected chi connectivity index (χ1v) is 9.34. The van der Waals surface area contributed by atoms with E-state index in [1.165, 1.54) is 12.1 Å². The van der Waals surface area contributed by atoms with Crippen LogP contribution in [0, 0.1) is 0 Å². The van der Waals surface area contributed by atoms with Crippen molar-refractivity contribution in [2.75, 3.05) is 11.5 Å². The number of anilines is 1. The minimum atomic E-state index is -0.905. The molecule has 0 bridgehead atoms. The van der Waals surface area contributed by atoms with E-state index in [9.17, 15) is 19.5 Å². The summed E-state index contributed by atoms with van der Waals surface area (Å²) in [6, 6.07) is 10.1. The fourth-order valence-electron chi connectivity index (χ4n) is 2.78. The topological polar surface area (TPSA) is 108 Å². The lowest BCUT2D eigenvalue weighted by Gasteiger charge is -2.16. The number of hydrazine groups is 1. The molecule has 2 aromatic rings. The van der Waals surface area contributed by atoms with E-state index in [1.807, 2.05) is 6.92 Å². The van der Waals surface area contributed by atoms with Gasteiger partial charge in [-0.05, 0) is 49.4 Å². The minimum Gasteiger partial charge on any atom is -0.507 e. The van der Waals surface area contributed by atoms with Crippen molar-refractivity contribution >= 4 is 39.3 Å². The molecular weight excluding hydrogens is 430 g/mol. The molecule has 1 aliphatic heterocycles. The molecule has 0 radical (unpaired) electrons. The average Bonchev–Trinajstić information content (AvgIpc) is 2.96. The van der Waals surface area contributed by atoms with Crippen LogP contribution >= 0.6 is 15.9 Å². The van der Waals surface area contributed by atoms with Crippen molar-refractivity contribution in [3.8, 4) is 11.5 Å². The Labute approximate surface area is 169 Å². The highest BCUT2D eigenvalue weighted by molar-refractivity contribution is 9.10. The van der Waals surface area contributed by atoms with Crippen molar-refractivity contribution in [1.82, 2.24) is 10.9 Å². The average molecular weight is 448 g/mol. The highest BCUT2D eigenvalue weighted by Gasteiger charge is 2.39. The number of carbonyl (C=O) groups is 3. The molecule has 28 heavy (non-hydrogen) atoms. The molecule has 0 aromatic heterocycles. The van der Waals surface area contributed by atoms with Crippen LogP contribution in [-0.2, 0) is 9.59 Å². The van der Waals surface area contributed by atoms with Crippen LogP contribution in [0.25, 0.3) is 0 Å². The second-order valence-corrected chi connectivity index (χ2v) is 6.93. The van der Waals surface area contributed by atoms with Crippen molar-refractivity contribution in [1.29, 1.82) is 0 Å². The van der Waals surface area contributed by atoms with Crippen molar-refractivity contribution < 1.29 is 24.2 Å². The predicted molar refractivity (Wildman–Crippen MR) is 105 cm³/mol. The summed E-state index contributed by atoms with van der Waals surface area (Å²) in [6.45, 7) is 2.38. The number of hydrogen-bond donors (Lipinski definition) is 3. The van der Waals surface area contributed by atoms with E-state index in [2.05, 4.69) is 26.8 Å². The molecule has 3 amide bonds. The van der Waals surface area contributed by atoms with E-state index in [1.54, 1.807) is 30.3 Å². The van der Waals surface area contributed by atoms with Gasteiger partial charge in [-0.1, -0.05) is 15.9 Å². The zero-order chi connectivity index (χ0) is 20.3. The van der Waals surface area contributed by atoms with Crippen LogP contribution < -0.4 is 20.5 Å². The van der Waals surface area contributed by atoms with Gasteiger partial charge in [0.15, 0.2) is 0 Å². The van der Waals surface area contributed by atoms with Crippen molar-refractivity contribution in [3.63, 3.8) is 0 Å². The van der Waals surface area contributed by atoms with Gasteiger partial charge in [-0.15, -0.1) is 0 Å². The van der Waals surface area contributed by atoms with Gasteiger partial charge >= 0.3 is 0 Å². The van der Waals surface area contributed by atoms with Gasteiger partial charge in [-0.2, -0.15) is 0 Å². The molecular formula is C19H18BrN3O5. The number of carbonyl (C=O) groups excluding carboxylic acids is 3. The van der Waals surface area contributed by atoms with Gasteiger partial charge in [-0.25, -0.2) is 10.3 Å². The lowest BCUT2D eigenvalue weighted by molar-refractivity contribution is -0.121. The fourth-order valence-corrected chi connectivity index (χ4v) is 3.15. The van der Waals surface area contributed by atoms with Gasteiger partial charge in [0.1, 0.15) is 17.5 Å². The summed E-state index contributed by atoms with van der Waals surface area (Å²) in [4.78, 5) is 38.2. The second kappa shape index (κ2) is 8.41. The first-order valence-electron chi connectivity index (χ1n) is 8.54. The summed E-state index contributed by atoms with van der Waals surface area (Å²) in [7, 11) is 0. The maximum atomic E-state index is 12.6. The lowest BCUT2D eigenvalue weighted by atomic mass is 10.2. The van der Waals surface area contributed by atoms with Gasteiger partial charge < -0.3 is 9.84 Å². The molecule has 146 valence electrons. The maximum absolute atomic E-state index is 12.6. The first kappa shape index (κ1) is 19.8. The van der Waals surface area contributed by atoms with Crippen LogP contribution in [-0.4, -0.2) is 35.5 Å². The third kappa shape index (κ3) is 4.15. The number of aromatic hydroxyl groups is 1. The summed E-state index contributed by atoms with van der Waals surface area (Å²) < 4.78 is 5.97. The number of rotatable bonds is 6. The maximum Gasteiger partial charge on any atom is 0.269 e. The third-order valence-electron chi connectivity index (χ3n) is 4.12. The van der Waals surface area contributed by atoms with Crippen LogP contribution in [0.4, 0.5) is 5.69 Å². The number of amides is 3. The van der Waals surface area contributed by atoms with Crippen LogP contribution in [0.15, 0.2) is 46.9 Å². The Morgan fingerprint density at radius 2 is 1.96 bits per heavy atom. The number of imide groups is 1. The lowest BCUT2D eigenvalue weighted by Crippen LogP contribution is -2.48. The minimum absolute atomic E-state index is 0.0296. The van der Waals surface area contributed by atoms with E-state index in [0.717, 1.165) is 4.90 Å². The smallest absolute Gasteiger partial charge is 0.269 e. The molecule has 1 unspecified atom stereocenters. The molecule has 1 heterocycles. The molecule has 0 aliphatic carbocycles. The molecule has 2 aromatic carbocycles. The largest absolute Gasteiger partial charge is 0.507 e. The zero-order valence-electron chi connectivity index (χ0n) is 14.9. The van der Waals surface area contributed by atoms with Gasteiger partial charge in [0.05, 0.1) is 24.3 Å². The van der Waals surface area contributed by atoms with Crippen LogP contribution in [0.2, 0.25) is 0 Å². The predicted octanol–water partition coefficient (Wildman–Crippen LogP) is 2.12. The number of hydrogen-bond acceptors (Lipinski definition) is 6. The molecule has 1 fully saturated rings. The van der Waals surface area contributed by atoms with E-state index < -0.39 is 17.9 Å². The van der Waals surface area contributed by atoms with E-state index in [-0.39, 0.29) is 23.6 Å². The molecule has 1 atom stereocenters. The number of phenolic OH excluding ortho intramolecular Hbond substituents is 1. The van der Waals surface area contributed by atoms with Gasteiger partial charge in [-0.3, -0.25) is 19.8 Å². The van der Waals surface area contributed by atoms with Crippen LogP contribution in [0.3, 0.4) is 0 Å². The molecule has 3 rings (SSSR count). The quantitative estimate of drug-likeness (QED) is 0.462. The zero-order valence-corrected chi connectivity index (χ0v) is 16.5. The Kier molecular flexibility index (Phi) is 5.96. The Hall–Kier alpha value is -2.91. The normalized spacial score (nSPS) is 16.4. The summed E-state index contributed by atoms with van der Waals surface area (Å²) in [5, 5.41) is 9.79. The number of nitrogens with zero attached hydrogens (tertiary/aromatic N) is 1. The highest BCUT2D eigenvalue weighted by Crippen LogP contribution is 2.25. The van der Waals surface area contributed by atoms with Crippen LogP contribution in [0.5, 0.6) is 11.5 Å². The molecule has 1 saturated heterocycles. The number of ether oxygens (including phenoxy) is 1. The monoisotopic (exact) mass is 447 g/mol. The van der Waals surface area contributed by atoms with Crippen molar-refractivity contribution in [2.24, 2.45) is 0 Å². The van der Waals surface area contributed by atoms with Gasteiger partial charge in [0.2, 0.25) is 5.91 Å². The van der Waals surface area contributed by atoms with Crippen molar-refractivity contribution in [3.05, 3.63) is 52.5 Å². The number of halogens is 1. The summed E-state index contributed by atoms with van der Waals surface area (Å²) in [6.07, 6.45) is -0.100. The summed E-state index contributed by atoms with van der Waals surface area (Å²) >= 11 is 3.22. The Morgan fingerprint density at radius 3 is 2.64 bits per heavy atom. The number of nitrogens with one attached hydrogen (secondary N) is 2.